The summed E-state index contributed by atoms with van der Waals surface area (Å²) in [5, 5.41) is 9.62. The van der Waals surface area contributed by atoms with E-state index < -0.39 is 0 Å². The van der Waals surface area contributed by atoms with Gasteiger partial charge < -0.3 is 16.0 Å². The van der Waals surface area contributed by atoms with Gasteiger partial charge >= 0.3 is 0 Å². The van der Waals surface area contributed by atoms with Crippen LogP contribution in [0.25, 0.3) is 0 Å². The Kier molecular flexibility index (Phi) is 5.56. The molecule has 0 aromatic rings. The number of nitrogens with one attached hydrogen (secondary N) is 3. The fourth-order valence-corrected chi connectivity index (χ4v) is 1.74. The molecule has 1 saturated heterocycles. The molecule has 4 nitrogen and oxygen atoms in total. The Morgan fingerprint density at radius 3 is 3.00 bits per heavy atom. The first-order valence-electron chi connectivity index (χ1n) is 5.47. The standard InChI is InChI=1S/C10H21N3O/c1-9(14)12-7-8-13-10-3-2-5-11-6-4-10/h10-11,13H,2-8H2,1H3,(H,12,14). The molecule has 1 aliphatic heterocycles. The summed E-state index contributed by atoms with van der Waals surface area (Å²) in [6, 6.07) is 0.624. The van der Waals surface area contributed by atoms with Gasteiger partial charge in [0.2, 0.25) is 5.91 Å². The van der Waals surface area contributed by atoms with Crippen LogP contribution >= 0.6 is 0 Å². The van der Waals surface area contributed by atoms with Crippen LogP contribution in [0.1, 0.15) is 26.2 Å². The maximum atomic E-state index is 10.6. The van der Waals surface area contributed by atoms with Crippen molar-refractivity contribution < 1.29 is 4.79 Å². The smallest absolute Gasteiger partial charge is 0.216 e. The lowest BCUT2D eigenvalue weighted by molar-refractivity contribution is -0.118. The van der Waals surface area contributed by atoms with E-state index in [9.17, 15) is 4.79 Å². The van der Waals surface area contributed by atoms with Gasteiger partial charge in [-0.25, -0.2) is 0 Å². The molecule has 1 amide bonds. The van der Waals surface area contributed by atoms with Crippen LogP contribution in [0.3, 0.4) is 0 Å². The summed E-state index contributed by atoms with van der Waals surface area (Å²) in [5.41, 5.74) is 0. The van der Waals surface area contributed by atoms with Crippen molar-refractivity contribution in [1.29, 1.82) is 0 Å². The van der Waals surface area contributed by atoms with Crippen molar-refractivity contribution in [3.63, 3.8) is 0 Å². The van der Waals surface area contributed by atoms with Gasteiger partial charge in [0, 0.05) is 26.1 Å². The third-order valence-corrected chi connectivity index (χ3v) is 2.51. The summed E-state index contributed by atoms with van der Waals surface area (Å²) in [6.45, 7) is 5.42. The molecule has 0 aliphatic carbocycles. The highest BCUT2D eigenvalue weighted by Crippen LogP contribution is 2.03. The molecule has 3 N–H and O–H groups in total. The van der Waals surface area contributed by atoms with Gasteiger partial charge in [-0.1, -0.05) is 0 Å². The number of amides is 1. The van der Waals surface area contributed by atoms with Gasteiger partial charge in [-0.05, 0) is 32.4 Å². The second-order valence-electron chi connectivity index (χ2n) is 3.81. The SMILES string of the molecule is CC(=O)NCCNC1CCCNCC1. The molecule has 1 fully saturated rings. The lowest BCUT2D eigenvalue weighted by atomic mass is 10.1. The van der Waals surface area contributed by atoms with Crippen LogP contribution in [0.2, 0.25) is 0 Å². The topological polar surface area (TPSA) is 53.2 Å². The zero-order valence-electron chi connectivity index (χ0n) is 8.94. The second-order valence-corrected chi connectivity index (χ2v) is 3.81. The molecule has 0 spiro atoms. The minimum Gasteiger partial charge on any atom is -0.355 e. The van der Waals surface area contributed by atoms with Gasteiger partial charge in [0.1, 0.15) is 0 Å². The first-order chi connectivity index (χ1) is 6.79. The monoisotopic (exact) mass is 199 g/mol. The van der Waals surface area contributed by atoms with Crippen molar-refractivity contribution in [3.05, 3.63) is 0 Å². The number of rotatable bonds is 4. The summed E-state index contributed by atoms with van der Waals surface area (Å²) < 4.78 is 0. The molecule has 0 bridgehead atoms. The maximum Gasteiger partial charge on any atom is 0.216 e. The average molecular weight is 199 g/mol. The van der Waals surface area contributed by atoms with Crippen LogP contribution in [-0.4, -0.2) is 38.1 Å². The predicted octanol–water partition coefficient (Wildman–Crippen LogP) is -0.146. The van der Waals surface area contributed by atoms with E-state index in [1.807, 2.05) is 0 Å². The van der Waals surface area contributed by atoms with Crippen LogP contribution in [0.15, 0.2) is 0 Å². The Balaban J connectivity index is 2.01. The van der Waals surface area contributed by atoms with E-state index in [4.69, 9.17) is 0 Å². The molecular weight excluding hydrogens is 178 g/mol. The van der Waals surface area contributed by atoms with Gasteiger partial charge in [0.15, 0.2) is 0 Å². The van der Waals surface area contributed by atoms with Crippen LogP contribution in [0, 0.1) is 0 Å². The van der Waals surface area contributed by atoms with Gasteiger partial charge in [-0.3, -0.25) is 4.79 Å². The van der Waals surface area contributed by atoms with Crippen molar-refractivity contribution >= 4 is 5.91 Å². The zero-order valence-corrected chi connectivity index (χ0v) is 8.94. The van der Waals surface area contributed by atoms with Crippen molar-refractivity contribution in [1.82, 2.24) is 16.0 Å². The highest BCUT2D eigenvalue weighted by molar-refractivity contribution is 5.72. The zero-order chi connectivity index (χ0) is 10.2. The molecule has 0 radical (unpaired) electrons. The first-order valence-corrected chi connectivity index (χ1v) is 5.47. The largest absolute Gasteiger partial charge is 0.355 e. The molecule has 1 unspecified atom stereocenters. The van der Waals surface area contributed by atoms with E-state index in [2.05, 4.69) is 16.0 Å². The minimum atomic E-state index is 0.0503. The molecule has 0 saturated carbocycles. The van der Waals surface area contributed by atoms with Crippen molar-refractivity contribution in [2.45, 2.75) is 32.2 Å². The summed E-state index contributed by atoms with van der Waals surface area (Å²) >= 11 is 0. The molecule has 14 heavy (non-hydrogen) atoms. The van der Waals surface area contributed by atoms with Crippen molar-refractivity contribution in [2.24, 2.45) is 0 Å². The summed E-state index contributed by atoms with van der Waals surface area (Å²) in [4.78, 5) is 10.6. The lowest BCUT2D eigenvalue weighted by Gasteiger charge is -2.15. The van der Waals surface area contributed by atoms with Crippen LogP contribution in [0.4, 0.5) is 0 Å². The average Bonchev–Trinajstić information content (AvgIpc) is 2.40. The summed E-state index contributed by atoms with van der Waals surface area (Å²) in [5.74, 6) is 0.0503. The number of hydrogen-bond donors (Lipinski definition) is 3. The molecule has 1 aliphatic rings. The van der Waals surface area contributed by atoms with Crippen molar-refractivity contribution in [3.8, 4) is 0 Å². The lowest BCUT2D eigenvalue weighted by Crippen LogP contribution is -2.36. The van der Waals surface area contributed by atoms with E-state index in [1.54, 1.807) is 6.92 Å². The molecule has 0 aromatic heterocycles. The summed E-state index contributed by atoms with van der Waals surface area (Å²) in [6.07, 6.45) is 3.69. The normalized spacial score (nSPS) is 22.8. The molecule has 0 aromatic carbocycles. The number of carbonyl (C=O) groups is 1. The van der Waals surface area contributed by atoms with E-state index in [0.29, 0.717) is 6.04 Å². The van der Waals surface area contributed by atoms with Crippen LogP contribution in [-0.2, 0) is 4.79 Å². The number of carbonyl (C=O) groups excluding carboxylic acids is 1. The van der Waals surface area contributed by atoms with Crippen LogP contribution < -0.4 is 16.0 Å². The molecule has 1 rings (SSSR count). The summed E-state index contributed by atoms with van der Waals surface area (Å²) in [7, 11) is 0. The molecule has 82 valence electrons. The highest BCUT2D eigenvalue weighted by Gasteiger charge is 2.09. The third kappa shape index (κ3) is 5.19. The van der Waals surface area contributed by atoms with E-state index in [1.165, 1.54) is 19.3 Å². The first kappa shape index (κ1) is 11.5. The molecular formula is C10H21N3O. The van der Waals surface area contributed by atoms with E-state index in [0.717, 1.165) is 26.2 Å². The van der Waals surface area contributed by atoms with E-state index in [-0.39, 0.29) is 5.91 Å². The fraction of sp³-hybridized carbons (Fsp3) is 0.900. The van der Waals surface area contributed by atoms with Gasteiger partial charge in [0.25, 0.3) is 0 Å². The fourth-order valence-electron chi connectivity index (χ4n) is 1.74. The maximum absolute atomic E-state index is 10.6. The van der Waals surface area contributed by atoms with Crippen LogP contribution in [0.5, 0.6) is 0 Å². The molecule has 1 atom stereocenters. The van der Waals surface area contributed by atoms with E-state index >= 15 is 0 Å². The Morgan fingerprint density at radius 2 is 2.21 bits per heavy atom. The van der Waals surface area contributed by atoms with Gasteiger partial charge in [0.05, 0.1) is 0 Å². The van der Waals surface area contributed by atoms with Crippen molar-refractivity contribution in [2.75, 3.05) is 26.2 Å². The quantitative estimate of drug-likeness (QED) is 0.552. The minimum absolute atomic E-state index is 0.0503. The Bertz CT molecular complexity index is 165. The van der Waals surface area contributed by atoms with Gasteiger partial charge in [-0.15, -0.1) is 0 Å². The third-order valence-electron chi connectivity index (χ3n) is 2.51. The Morgan fingerprint density at radius 1 is 1.36 bits per heavy atom. The number of hydrogen-bond acceptors (Lipinski definition) is 3. The molecule has 4 heteroatoms. The van der Waals surface area contributed by atoms with Gasteiger partial charge in [-0.2, -0.15) is 0 Å². The Labute approximate surface area is 85.8 Å². The predicted molar refractivity (Wildman–Crippen MR) is 57.2 cm³/mol. The second kappa shape index (κ2) is 6.79. The molecule has 1 heterocycles. The highest BCUT2D eigenvalue weighted by atomic mass is 16.1. The Hall–Kier alpha value is -0.610.